The van der Waals surface area contributed by atoms with Crippen LogP contribution in [0.25, 0.3) is 0 Å². The van der Waals surface area contributed by atoms with Gasteiger partial charge >= 0.3 is 0 Å². The molecule has 2 aromatic carbocycles. The number of nitriles is 1. The summed E-state index contributed by atoms with van der Waals surface area (Å²) in [6, 6.07) is 10.9. The third kappa shape index (κ3) is 3.89. The highest BCUT2D eigenvalue weighted by atomic mass is 19.1. The molecule has 26 heavy (non-hydrogen) atoms. The summed E-state index contributed by atoms with van der Waals surface area (Å²) in [4.78, 5) is 16.3. The third-order valence-electron chi connectivity index (χ3n) is 4.65. The molecule has 0 saturated carbocycles. The lowest BCUT2D eigenvalue weighted by Gasteiger charge is -2.34. The molecule has 1 aliphatic rings. The Labute approximate surface area is 151 Å². The highest BCUT2D eigenvalue weighted by Crippen LogP contribution is 2.16. The fourth-order valence-corrected chi connectivity index (χ4v) is 3.00. The second-order valence-corrected chi connectivity index (χ2v) is 6.45. The minimum Gasteiger partial charge on any atom is -0.336 e. The summed E-state index contributed by atoms with van der Waals surface area (Å²) < 4.78 is 27.7. The van der Waals surface area contributed by atoms with E-state index < -0.39 is 5.82 Å². The molecule has 1 aliphatic heterocycles. The number of benzene rings is 2. The first-order chi connectivity index (χ1) is 12.5. The van der Waals surface area contributed by atoms with Crippen molar-refractivity contribution in [2.24, 2.45) is 0 Å². The maximum atomic E-state index is 14.0. The minimum atomic E-state index is -0.391. The van der Waals surface area contributed by atoms with Crippen LogP contribution in [0.1, 0.15) is 27.0 Å². The van der Waals surface area contributed by atoms with Gasteiger partial charge in [0.2, 0.25) is 0 Å². The first kappa shape index (κ1) is 18.0. The number of piperazine rings is 1. The van der Waals surface area contributed by atoms with E-state index in [4.69, 9.17) is 5.26 Å². The predicted molar refractivity (Wildman–Crippen MR) is 93.4 cm³/mol. The Bertz CT molecular complexity index is 868. The summed E-state index contributed by atoms with van der Waals surface area (Å²) in [5.74, 6) is -0.962. The Balaban J connectivity index is 1.59. The van der Waals surface area contributed by atoms with Gasteiger partial charge in [0.05, 0.1) is 11.6 Å². The van der Waals surface area contributed by atoms with Crippen LogP contribution in [0.3, 0.4) is 0 Å². The van der Waals surface area contributed by atoms with E-state index >= 15 is 0 Å². The lowest BCUT2D eigenvalue weighted by atomic mass is 10.1. The Morgan fingerprint density at radius 1 is 1.08 bits per heavy atom. The van der Waals surface area contributed by atoms with Gasteiger partial charge in [-0.05, 0) is 36.8 Å². The van der Waals surface area contributed by atoms with Gasteiger partial charge in [-0.3, -0.25) is 9.69 Å². The van der Waals surface area contributed by atoms with E-state index in [0.717, 1.165) is 0 Å². The Morgan fingerprint density at radius 3 is 2.42 bits per heavy atom. The molecular weight excluding hydrogens is 336 g/mol. The van der Waals surface area contributed by atoms with E-state index in [-0.39, 0.29) is 11.7 Å². The van der Waals surface area contributed by atoms with Crippen molar-refractivity contribution in [1.82, 2.24) is 9.80 Å². The van der Waals surface area contributed by atoms with E-state index in [1.54, 1.807) is 36.1 Å². The van der Waals surface area contributed by atoms with E-state index in [1.807, 2.05) is 6.07 Å². The largest absolute Gasteiger partial charge is 0.336 e. The Hall–Kier alpha value is -2.78. The average Bonchev–Trinajstić information content (AvgIpc) is 2.65. The fraction of sp³-hybridized carbons (Fsp3) is 0.300. The van der Waals surface area contributed by atoms with Crippen molar-refractivity contribution < 1.29 is 13.6 Å². The smallest absolute Gasteiger partial charge is 0.254 e. The molecule has 3 rings (SSSR count). The van der Waals surface area contributed by atoms with Gasteiger partial charge in [-0.25, -0.2) is 8.78 Å². The van der Waals surface area contributed by atoms with Crippen LogP contribution in [-0.4, -0.2) is 41.9 Å². The number of carbonyl (C=O) groups is 1. The maximum Gasteiger partial charge on any atom is 0.254 e. The van der Waals surface area contributed by atoms with Crippen LogP contribution < -0.4 is 0 Å². The number of aryl methyl sites for hydroxylation is 1. The molecule has 0 N–H and O–H groups in total. The van der Waals surface area contributed by atoms with Gasteiger partial charge in [0.1, 0.15) is 11.6 Å². The van der Waals surface area contributed by atoms with Crippen molar-refractivity contribution in [3.63, 3.8) is 0 Å². The van der Waals surface area contributed by atoms with Crippen molar-refractivity contribution >= 4 is 5.91 Å². The first-order valence-electron chi connectivity index (χ1n) is 8.44. The summed E-state index contributed by atoms with van der Waals surface area (Å²) >= 11 is 0. The molecule has 0 unspecified atom stereocenters. The van der Waals surface area contributed by atoms with Gasteiger partial charge in [-0.2, -0.15) is 5.26 Å². The fourth-order valence-electron chi connectivity index (χ4n) is 3.00. The summed E-state index contributed by atoms with van der Waals surface area (Å²) in [6.07, 6.45) is 0. The molecule has 0 aromatic heterocycles. The zero-order chi connectivity index (χ0) is 18.7. The van der Waals surface area contributed by atoms with E-state index in [2.05, 4.69) is 4.90 Å². The number of carbonyl (C=O) groups excluding carboxylic acids is 1. The lowest BCUT2D eigenvalue weighted by Crippen LogP contribution is -2.48. The van der Waals surface area contributed by atoms with Gasteiger partial charge in [0.15, 0.2) is 0 Å². The third-order valence-corrected chi connectivity index (χ3v) is 4.65. The topological polar surface area (TPSA) is 47.3 Å². The summed E-state index contributed by atoms with van der Waals surface area (Å²) in [5, 5.41) is 8.79. The number of amides is 1. The van der Waals surface area contributed by atoms with Gasteiger partial charge in [-0.1, -0.05) is 12.1 Å². The molecule has 1 saturated heterocycles. The van der Waals surface area contributed by atoms with Crippen LogP contribution in [0.2, 0.25) is 0 Å². The van der Waals surface area contributed by atoms with Crippen LogP contribution in [0, 0.1) is 29.9 Å². The molecule has 0 atom stereocenters. The molecule has 1 heterocycles. The monoisotopic (exact) mass is 355 g/mol. The number of hydrogen-bond donors (Lipinski definition) is 0. The van der Waals surface area contributed by atoms with E-state index in [9.17, 15) is 13.6 Å². The second-order valence-electron chi connectivity index (χ2n) is 6.45. The minimum absolute atomic E-state index is 0.187. The molecule has 0 bridgehead atoms. The second kappa shape index (κ2) is 7.63. The van der Waals surface area contributed by atoms with E-state index in [0.29, 0.717) is 55.0 Å². The molecule has 2 aromatic rings. The maximum absolute atomic E-state index is 14.0. The zero-order valence-electron chi connectivity index (χ0n) is 14.5. The lowest BCUT2D eigenvalue weighted by molar-refractivity contribution is 0.0626. The standard InChI is InChI=1S/C20H19F2N3O/c1-14-2-4-16(11-18(14)21)20(26)25-8-6-24(7-9-25)13-17-5-3-15(12-23)10-19(17)22/h2-5,10-11H,6-9,13H2,1H3. The molecular formula is C20H19F2N3O. The molecule has 0 aliphatic carbocycles. The normalized spacial score (nSPS) is 14.9. The number of halogens is 2. The molecule has 4 nitrogen and oxygen atoms in total. The number of nitrogens with zero attached hydrogens (tertiary/aromatic N) is 3. The van der Waals surface area contributed by atoms with Crippen LogP contribution >= 0.6 is 0 Å². The van der Waals surface area contributed by atoms with Gasteiger partial charge in [0.25, 0.3) is 5.91 Å². The molecule has 0 radical (unpaired) electrons. The summed E-state index contributed by atoms with van der Waals surface area (Å²) in [7, 11) is 0. The van der Waals surface area contributed by atoms with Crippen LogP contribution in [0.4, 0.5) is 8.78 Å². The van der Waals surface area contributed by atoms with Crippen LogP contribution in [0.15, 0.2) is 36.4 Å². The average molecular weight is 355 g/mol. The van der Waals surface area contributed by atoms with Crippen molar-refractivity contribution in [2.45, 2.75) is 13.5 Å². The van der Waals surface area contributed by atoms with Gasteiger partial charge in [-0.15, -0.1) is 0 Å². The number of rotatable bonds is 3. The van der Waals surface area contributed by atoms with Gasteiger partial charge in [0, 0.05) is 43.9 Å². The van der Waals surface area contributed by atoms with Crippen molar-refractivity contribution in [3.8, 4) is 6.07 Å². The quantitative estimate of drug-likeness (QED) is 0.850. The van der Waals surface area contributed by atoms with Crippen molar-refractivity contribution in [2.75, 3.05) is 26.2 Å². The highest BCUT2D eigenvalue weighted by molar-refractivity contribution is 5.94. The summed E-state index contributed by atoms with van der Waals surface area (Å²) in [5.41, 5.74) is 1.69. The summed E-state index contributed by atoms with van der Waals surface area (Å²) in [6.45, 7) is 4.32. The zero-order valence-corrected chi connectivity index (χ0v) is 14.5. The first-order valence-corrected chi connectivity index (χ1v) is 8.44. The predicted octanol–water partition coefficient (Wildman–Crippen LogP) is 3.10. The SMILES string of the molecule is Cc1ccc(C(=O)N2CCN(Cc3ccc(C#N)cc3F)CC2)cc1F. The molecule has 1 fully saturated rings. The highest BCUT2D eigenvalue weighted by Gasteiger charge is 2.23. The van der Waals surface area contributed by atoms with Crippen molar-refractivity contribution in [3.05, 3.63) is 70.3 Å². The molecule has 1 amide bonds. The molecule has 6 heteroatoms. The molecule has 134 valence electrons. The van der Waals surface area contributed by atoms with Gasteiger partial charge < -0.3 is 4.90 Å². The van der Waals surface area contributed by atoms with E-state index in [1.165, 1.54) is 12.1 Å². The van der Waals surface area contributed by atoms with Crippen molar-refractivity contribution in [1.29, 1.82) is 5.26 Å². The Morgan fingerprint density at radius 2 is 1.81 bits per heavy atom. The number of hydrogen-bond acceptors (Lipinski definition) is 3. The van der Waals surface area contributed by atoms with Crippen LogP contribution in [-0.2, 0) is 6.54 Å². The molecule has 0 spiro atoms. The Kier molecular flexibility index (Phi) is 5.29. The van der Waals surface area contributed by atoms with Crippen LogP contribution in [0.5, 0.6) is 0 Å².